The Kier molecular flexibility index (Phi) is 2.40. The molecule has 1 fully saturated rings. The topological polar surface area (TPSA) is 37.3 Å². The smallest absolute Gasteiger partial charge is 0.416 e. The van der Waals surface area contributed by atoms with Crippen molar-refractivity contribution in [2.45, 2.75) is 18.5 Å². The van der Waals surface area contributed by atoms with Crippen molar-refractivity contribution in [3.05, 3.63) is 35.4 Å². The second kappa shape index (κ2) is 3.50. The molecule has 1 aromatic carbocycles. The quantitative estimate of drug-likeness (QED) is 0.848. The number of halogens is 3. The third-order valence-electron chi connectivity index (χ3n) is 2.77. The third kappa shape index (κ3) is 1.89. The van der Waals surface area contributed by atoms with Crippen LogP contribution in [0.1, 0.15) is 23.5 Å². The highest BCUT2D eigenvalue weighted by Crippen LogP contribution is 2.50. The molecule has 1 aliphatic carbocycles. The zero-order chi connectivity index (χ0) is 11.9. The molecule has 1 N–H and O–H groups in total. The maximum atomic E-state index is 12.6. The second-order valence-corrected chi connectivity index (χ2v) is 3.87. The van der Waals surface area contributed by atoms with E-state index in [1.54, 1.807) is 0 Å². The summed E-state index contributed by atoms with van der Waals surface area (Å²) in [5.41, 5.74) is -0.619. The molecule has 2 atom stereocenters. The van der Waals surface area contributed by atoms with Crippen molar-refractivity contribution in [2.75, 3.05) is 0 Å². The zero-order valence-electron chi connectivity index (χ0n) is 8.16. The fraction of sp³-hybridized carbons (Fsp3) is 0.364. The van der Waals surface area contributed by atoms with Gasteiger partial charge in [-0.25, -0.2) is 0 Å². The highest BCUT2D eigenvalue weighted by Gasteiger charge is 2.47. The van der Waals surface area contributed by atoms with E-state index in [9.17, 15) is 18.0 Å². The van der Waals surface area contributed by atoms with Crippen molar-refractivity contribution in [2.24, 2.45) is 5.92 Å². The molecule has 86 valence electrons. The average Bonchev–Trinajstić information content (AvgIpc) is 2.95. The molecule has 1 aromatic rings. The van der Waals surface area contributed by atoms with Crippen LogP contribution in [0.5, 0.6) is 0 Å². The van der Waals surface area contributed by atoms with Crippen molar-refractivity contribution in [3.8, 4) is 0 Å². The van der Waals surface area contributed by atoms with E-state index < -0.39 is 29.5 Å². The number of aliphatic carboxylic acids is 1. The van der Waals surface area contributed by atoms with Crippen LogP contribution in [-0.4, -0.2) is 11.1 Å². The summed E-state index contributed by atoms with van der Waals surface area (Å²) in [6, 6.07) is 5.16. The molecule has 1 aliphatic rings. The molecule has 0 heterocycles. The number of carboxylic acids is 1. The van der Waals surface area contributed by atoms with Gasteiger partial charge in [-0.05, 0) is 24.0 Å². The Morgan fingerprint density at radius 1 is 1.31 bits per heavy atom. The van der Waals surface area contributed by atoms with E-state index in [1.165, 1.54) is 18.2 Å². The number of benzene rings is 1. The Labute approximate surface area is 89.7 Å². The number of hydrogen-bond acceptors (Lipinski definition) is 1. The molecule has 0 radical (unpaired) electrons. The number of rotatable bonds is 2. The molecule has 5 heteroatoms. The van der Waals surface area contributed by atoms with E-state index in [1.807, 2.05) is 0 Å². The Balaban J connectivity index is 2.33. The first kappa shape index (κ1) is 11.0. The summed E-state index contributed by atoms with van der Waals surface area (Å²) < 4.78 is 37.9. The Morgan fingerprint density at radius 2 is 1.94 bits per heavy atom. The maximum Gasteiger partial charge on any atom is 0.416 e. The van der Waals surface area contributed by atoms with Crippen LogP contribution in [-0.2, 0) is 11.0 Å². The molecule has 2 nitrogen and oxygen atoms in total. The van der Waals surface area contributed by atoms with Gasteiger partial charge in [0.2, 0.25) is 0 Å². The number of carboxylic acid groups (broad SMARTS) is 1. The summed E-state index contributed by atoms with van der Waals surface area (Å²) in [7, 11) is 0. The van der Waals surface area contributed by atoms with Crippen LogP contribution in [0.25, 0.3) is 0 Å². The van der Waals surface area contributed by atoms with Crippen LogP contribution < -0.4 is 0 Å². The standard InChI is InChI=1S/C11H9F3O2/c12-11(13,14)9-4-2-1-3-6(9)7-5-8(7)10(15)16/h1-4,7-8H,5H2,(H,15,16)/t7?,8-/m1/s1. The van der Waals surface area contributed by atoms with Crippen LogP contribution in [0.3, 0.4) is 0 Å². The number of alkyl halides is 3. The van der Waals surface area contributed by atoms with Crippen LogP contribution in [0.15, 0.2) is 24.3 Å². The zero-order valence-corrected chi connectivity index (χ0v) is 8.16. The maximum absolute atomic E-state index is 12.6. The summed E-state index contributed by atoms with van der Waals surface area (Å²) in [5.74, 6) is -2.18. The molecule has 0 amide bonds. The van der Waals surface area contributed by atoms with Crippen LogP contribution >= 0.6 is 0 Å². The second-order valence-electron chi connectivity index (χ2n) is 3.87. The highest BCUT2D eigenvalue weighted by molar-refractivity contribution is 5.75. The lowest BCUT2D eigenvalue weighted by Gasteiger charge is -2.11. The van der Waals surface area contributed by atoms with Gasteiger partial charge in [0.25, 0.3) is 0 Å². The lowest BCUT2D eigenvalue weighted by Crippen LogP contribution is -2.09. The van der Waals surface area contributed by atoms with Crippen molar-refractivity contribution < 1.29 is 23.1 Å². The van der Waals surface area contributed by atoms with E-state index in [0.29, 0.717) is 6.42 Å². The van der Waals surface area contributed by atoms with E-state index in [-0.39, 0.29) is 5.56 Å². The molecular weight excluding hydrogens is 221 g/mol. The van der Waals surface area contributed by atoms with Gasteiger partial charge in [-0.15, -0.1) is 0 Å². The monoisotopic (exact) mass is 230 g/mol. The Bertz CT molecular complexity index is 425. The van der Waals surface area contributed by atoms with Gasteiger partial charge in [0, 0.05) is 0 Å². The highest BCUT2D eigenvalue weighted by atomic mass is 19.4. The minimum Gasteiger partial charge on any atom is -0.481 e. The SMILES string of the molecule is O=C(O)[C@@H]1CC1c1ccccc1C(F)(F)F. The first-order chi connectivity index (χ1) is 7.41. The van der Waals surface area contributed by atoms with Gasteiger partial charge in [-0.3, -0.25) is 4.79 Å². The van der Waals surface area contributed by atoms with Gasteiger partial charge in [0.15, 0.2) is 0 Å². The lowest BCUT2D eigenvalue weighted by atomic mass is 10.0. The minimum absolute atomic E-state index is 0.0994. The normalized spacial score (nSPS) is 24.2. The summed E-state index contributed by atoms with van der Waals surface area (Å²) in [6.07, 6.45) is -4.12. The van der Waals surface area contributed by atoms with Gasteiger partial charge in [-0.1, -0.05) is 18.2 Å². The molecule has 16 heavy (non-hydrogen) atoms. The predicted octanol–water partition coefficient (Wildman–Crippen LogP) is 2.89. The molecule has 1 saturated carbocycles. The molecule has 0 spiro atoms. The van der Waals surface area contributed by atoms with Crippen molar-refractivity contribution in [3.63, 3.8) is 0 Å². The molecular formula is C11H9F3O2. The van der Waals surface area contributed by atoms with E-state index in [0.717, 1.165) is 6.07 Å². The predicted molar refractivity (Wildman–Crippen MR) is 49.9 cm³/mol. The van der Waals surface area contributed by atoms with Crippen molar-refractivity contribution in [1.82, 2.24) is 0 Å². The van der Waals surface area contributed by atoms with Crippen LogP contribution in [0.4, 0.5) is 13.2 Å². The van der Waals surface area contributed by atoms with Gasteiger partial charge < -0.3 is 5.11 Å². The largest absolute Gasteiger partial charge is 0.481 e. The fourth-order valence-corrected chi connectivity index (χ4v) is 1.89. The van der Waals surface area contributed by atoms with Crippen LogP contribution in [0, 0.1) is 5.92 Å². The Hall–Kier alpha value is -1.52. The summed E-state index contributed by atoms with van der Waals surface area (Å²) in [5, 5.41) is 8.70. The molecule has 0 aliphatic heterocycles. The number of carbonyl (C=O) groups is 1. The lowest BCUT2D eigenvalue weighted by molar-refractivity contribution is -0.140. The van der Waals surface area contributed by atoms with Gasteiger partial charge >= 0.3 is 12.1 Å². The van der Waals surface area contributed by atoms with Gasteiger partial charge in [0.05, 0.1) is 11.5 Å². The molecule has 0 bridgehead atoms. The van der Waals surface area contributed by atoms with E-state index >= 15 is 0 Å². The minimum atomic E-state index is -4.41. The fourth-order valence-electron chi connectivity index (χ4n) is 1.89. The van der Waals surface area contributed by atoms with Gasteiger partial charge in [0.1, 0.15) is 0 Å². The Morgan fingerprint density at radius 3 is 2.44 bits per heavy atom. The molecule has 0 aromatic heterocycles. The van der Waals surface area contributed by atoms with Crippen molar-refractivity contribution >= 4 is 5.97 Å². The summed E-state index contributed by atoms with van der Waals surface area (Å²) in [6.45, 7) is 0. The third-order valence-corrected chi connectivity index (χ3v) is 2.77. The molecule has 1 unspecified atom stereocenters. The average molecular weight is 230 g/mol. The van der Waals surface area contributed by atoms with Crippen LogP contribution in [0.2, 0.25) is 0 Å². The first-order valence-corrected chi connectivity index (χ1v) is 4.80. The number of hydrogen-bond donors (Lipinski definition) is 1. The van der Waals surface area contributed by atoms with E-state index in [2.05, 4.69) is 0 Å². The first-order valence-electron chi connectivity index (χ1n) is 4.80. The summed E-state index contributed by atoms with van der Waals surface area (Å²) >= 11 is 0. The van der Waals surface area contributed by atoms with E-state index in [4.69, 9.17) is 5.11 Å². The van der Waals surface area contributed by atoms with Gasteiger partial charge in [-0.2, -0.15) is 13.2 Å². The summed E-state index contributed by atoms with van der Waals surface area (Å²) in [4.78, 5) is 10.6. The molecule has 0 saturated heterocycles. The molecule has 2 rings (SSSR count). The van der Waals surface area contributed by atoms with Crippen molar-refractivity contribution in [1.29, 1.82) is 0 Å².